The van der Waals surface area contributed by atoms with Crippen LogP contribution in [0.4, 0.5) is 0 Å². The average molecular weight is 291 g/mol. The lowest BCUT2D eigenvalue weighted by molar-refractivity contribution is -0.151. The minimum Gasteiger partial charge on any atom is -0.465 e. The van der Waals surface area contributed by atoms with E-state index in [9.17, 15) is 9.59 Å². The third-order valence-electron chi connectivity index (χ3n) is 3.52. The summed E-state index contributed by atoms with van der Waals surface area (Å²) in [5, 5.41) is 3.24. The highest BCUT2D eigenvalue weighted by Gasteiger charge is 2.37. The Hall–Kier alpha value is -0.810. The molecule has 1 aliphatic carbocycles. The maximum Gasteiger partial charge on any atom is 0.325 e. The Kier molecular flexibility index (Phi) is 6.58. The first kappa shape index (κ1) is 16.2. The molecule has 0 aromatic heterocycles. The highest BCUT2D eigenvalue weighted by atomic mass is 35.5. The Labute approximate surface area is 120 Å². The van der Waals surface area contributed by atoms with Crippen LogP contribution in [0.15, 0.2) is 0 Å². The van der Waals surface area contributed by atoms with Crippen LogP contribution < -0.4 is 5.32 Å². The predicted molar refractivity (Wildman–Crippen MR) is 74.2 cm³/mol. The van der Waals surface area contributed by atoms with E-state index in [2.05, 4.69) is 5.32 Å². The first-order valence-corrected chi connectivity index (χ1v) is 6.89. The number of amides is 1. The number of carbonyl (C=O) groups excluding carboxylic acids is 2. The normalized spacial score (nSPS) is 22.3. The molecule has 5 nitrogen and oxygen atoms in total. The van der Waals surface area contributed by atoms with Crippen molar-refractivity contribution < 1.29 is 14.3 Å². The standard InChI is InChI=1S/C13H22N2O3.ClH/c1-2-18-12(16)9-15(11-5-6-11)13(17)10-4-3-7-14-8-10;/h10-11,14H,2-9H2,1H3;1H/t10-;/m1./s1. The van der Waals surface area contributed by atoms with Gasteiger partial charge in [-0.1, -0.05) is 0 Å². The molecule has 0 unspecified atom stereocenters. The number of rotatable bonds is 5. The number of piperidine rings is 1. The van der Waals surface area contributed by atoms with Gasteiger partial charge in [0.25, 0.3) is 0 Å². The zero-order valence-electron chi connectivity index (χ0n) is 11.4. The fourth-order valence-electron chi connectivity index (χ4n) is 2.42. The van der Waals surface area contributed by atoms with Crippen molar-refractivity contribution in [3.8, 4) is 0 Å². The number of nitrogens with zero attached hydrogens (tertiary/aromatic N) is 1. The lowest BCUT2D eigenvalue weighted by Crippen LogP contribution is -2.46. The molecule has 1 saturated heterocycles. The second-order valence-corrected chi connectivity index (χ2v) is 5.05. The van der Waals surface area contributed by atoms with E-state index in [-0.39, 0.29) is 42.8 Å². The summed E-state index contributed by atoms with van der Waals surface area (Å²) in [7, 11) is 0. The number of carbonyl (C=O) groups is 2. The quantitative estimate of drug-likeness (QED) is 0.766. The highest BCUT2D eigenvalue weighted by molar-refractivity contribution is 5.85. The van der Waals surface area contributed by atoms with Gasteiger partial charge in [0.2, 0.25) is 5.91 Å². The van der Waals surface area contributed by atoms with Crippen LogP contribution in [0.5, 0.6) is 0 Å². The minimum atomic E-state index is -0.290. The minimum absolute atomic E-state index is 0. The van der Waals surface area contributed by atoms with Gasteiger partial charge < -0.3 is 15.0 Å². The Morgan fingerprint density at radius 3 is 2.58 bits per heavy atom. The molecule has 0 bridgehead atoms. The second kappa shape index (κ2) is 7.70. The SMILES string of the molecule is CCOC(=O)CN(C(=O)[C@@H]1CCCNC1)C1CC1.Cl. The van der Waals surface area contributed by atoms with Crippen LogP contribution in [0.2, 0.25) is 0 Å². The summed E-state index contributed by atoms with van der Waals surface area (Å²) in [5.41, 5.74) is 0. The van der Waals surface area contributed by atoms with E-state index in [4.69, 9.17) is 4.74 Å². The third kappa shape index (κ3) is 4.66. The second-order valence-electron chi connectivity index (χ2n) is 5.05. The van der Waals surface area contributed by atoms with Gasteiger partial charge in [-0.05, 0) is 39.2 Å². The maximum absolute atomic E-state index is 12.4. The molecule has 2 rings (SSSR count). The zero-order chi connectivity index (χ0) is 13.0. The summed E-state index contributed by atoms with van der Waals surface area (Å²) in [6, 6.07) is 0.267. The number of ether oxygens (including phenoxy) is 1. The molecule has 1 saturated carbocycles. The van der Waals surface area contributed by atoms with Crippen LogP contribution in [0, 0.1) is 5.92 Å². The van der Waals surface area contributed by atoms with Crippen molar-refractivity contribution in [2.45, 2.75) is 38.6 Å². The van der Waals surface area contributed by atoms with Gasteiger partial charge in [0, 0.05) is 12.6 Å². The van der Waals surface area contributed by atoms with Crippen LogP contribution in [-0.2, 0) is 14.3 Å². The number of halogens is 1. The monoisotopic (exact) mass is 290 g/mol. The molecular formula is C13H23ClN2O3. The smallest absolute Gasteiger partial charge is 0.325 e. The summed E-state index contributed by atoms with van der Waals surface area (Å²) in [5.74, 6) is -0.131. The molecule has 0 aromatic carbocycles. The molecular weight excluding hydrogens is 268 g/mol. The van der Waals surface area contributed by atoms with Crippen LogP contribution in [-0.4, -0.2) is 49.1 Å². The van der Waals surface area contributed by atoms with E-state index < -0.39 is 0 Å². The van der Waals surface area contributed by atoms with Crippen LogP contribution >= 0.6 is 12.4 Å². The zero-order valence-corrected chi connectivity index (χ0v) is 12.2. The summed E-state index contributed by atoms with van der Waals surface area (Å²) in [6.45, 7) is 4.01. The van der Waals surface area contributed by atoms with E-state index in [1.165, 1.54) is 0 Å². The highest BCUT2D eigenvalue weighted by Crippen LogP contribution is 2.29. The molecule has 110 valence electrons. The molecule has 1 N–H and O–H groups in total. The molecule has 0 spiro atoms. The fourth-order valence-corrected chi connectivity index (χ4v) is 2.42. The average Bonchev–Trinajstić information content (AvgIpc) is 3.21. The van der Waals surface area contributed by atoms with Crippen LogP contribution in [0.1, 0.15) is 32.6 Å². The van der Waals surface area contributed by atoms with Crippen LogP contribution in [0.3, 0.4) is 0 Å². The van der Waals surface area contributed by atoms with Crippen LogP contribution in [0.25, 0.3) is 0 Å². The van der Waals surface area contributed by atoms with Gasteiger partial charge >= 0.3 is 5.97 Å². The van der Waals surface area contributed by atoms with E-state index in [0.717, 1.165) is 38.8 Å². The molecule has 6 heteroatoms. The van der Waals surface area contributed by atoms with Crippen molar-refractivity contribution in [2.24, 2.45) is 5.92 Å². The first-order chi connectivity index (χ1) is 8.72. The molecule has 2 fully saturated rings. The van der Waals surface area contributed by atoms with Gasteiger partial charge in [-0.25, -0.2) is 0 Å². The molecule has 1 aliphatic heterocycles. The Bertz CT molecular complexity index is 315. The van der Waals surface area contributed by atoms with E-state index in [0.29, 0.717) is 6.61 Å². The van der Waals surface area contributed by atoms with Gasteiger partial charge in [0.1, 0.15) is 6.54 Å². The number of esters is 1. The van der Waals surface area contributed by atoms with Crippen molar-refractivity contribution in [1.29, 1.82) is 0 Å². The van der Waals surface area contributed by atoms with E-state index in [1.54, 1.807) is 11.8 Å². The number of nitrogens with one attached hydrogen (secondary N) is 1. The van der Waals surface area contributed by atoms with Crippen molar-refractivity contribution in [2.75, 3.05) is 26.2 Å². The Balaban J connectivity index is 0.00000180. The van der Waals surface area contributed by atoms with E-state index >= 15 is 0 Å². The Morgan fingerprint density at radius 2 is 2.05 bits per heavy atom. The van der Waals surface area contributed by atoms with Crippen molar-refractivity contribution >= 4 is 24.3 Å². The molecule has 19 heavy (non-hydrogen) atoms. The van der Waals surface area contributed by atoms with Crippen molar-refractivity contribution in [3.05, 3.63) is 0 Å². The largest absolute Gasteiger partial charge is 0.465 e. The van der Waals surface area contributed by atoms with Gasteiger partial charge in [-0.15, -0.1) is 12.4 Å². The van der Waals surface area contributed by atoms with Gasteiger partial charge in [0.05, 0.1) is 12.5 Å². The molecule has 0 aromatic rings. The number of hydrogen-bond acceptors (Lipinski definition) is 4. The summed E-state index contributed by atoms with van der Waals surface area (Å²) in [4.78, 5) is 25.7. The lowest BCUT2D eigenvalue weighted by atomic mass is 9.98. The molecule has 1 amide bonds. The van der Waals surface area contributed by atoms with Crippen molar-refractivity contribution in [3.63, 3.8) is 0 Å². The summed E-state index contributed by atoms with van der Waals surface area (Å²) in [6.07, 6.45) is 4.00. The van der Waals surface area contributed by atoms with Gasteiger partial charge in [-0.2, -0.15) is 0 Å². The van der Waals surface area contributed by atoms with Gasteiger partial charge in [-0.3, -0.25) is 9.59 Å². The first-order valence-electron chi connectivity index (χ1n) is 6.89. The molecule has 2 aliphatic rings. The topological polar surface area (TPSA) is 58.6 Å². The van der Waals surface area contributed by atoms with E-state index in [1.807, 2.05) is 0 Å². The summed E-state index contributed by atoms with van der Waals surface area (Å²) < 4.78 is 4.94. The Morgan fingerprint density at radius 1 is 1.32 bits per heavy atom. The number of hydrogen-bond donors (Lipinski definition) is 1. The molecule has 1 heterocycles. The fraction of sp³-hybridized carbons (Fsp3) is 0.846. The maximum atomic E-state index is 12.4. The summed E-state index contributed by atoms with van der Waals surface area (Å²) >= 11 is 0. The van der Waals surface area contributed by atoms with Crippen molar-refractivity contribution in [1.82, 2.24) is 10.2 Å². The predicted octanol–water partition coefficient (Wildman–Crippen LogP) is 0.962. The molecule has 0 radical (unpaired) electrons. The lowest BCUT2D eigenvalue weighted by Gasteiger charge is -2.29. The van der Waals surface area contributed by atoms with Gasteiger partial charge in [0.15, 0.2) is 0 Å². The molecule has 1 atom stereocenters. The third-order valence-corrected chi connectivity index (χ3v) is 3.52.